The summed E-state index contributed by atoms with van der Waals surface area (Å²) in [6.07, 6.45) is 1.07. The van der Waals surface area contributed by atoms with Crippen molar-refractivity contribution in [3.63, 3.8) is 0 Å². The summed E-state index contributed by atoms with van der Waals surface area (Å²) in [7, 11) is 1.68. The zero-order chi connectivity index (χ0) is 36.1. The number of amides is 1. The number of aryl methyl sites for hydroxylation is 2. The molecule has 1 aliphatic heterocycles. The number of pyridine rings is 2. The summed E-state index contributed by atoms with van der Waals surface area (Å²) < 4.78 is 14.0. The fourth-order valence-corrected chi connectivity index (χ4v) is 7.30. The van der Waals surface area contributed by atoms with Gasteiger partial charge in [0.25, 0.3) is 5.56 Å². The predicted molar refractivity (Wildman–Crippen MR) is 197 cm³/mol. The largest absolute Gasteiger partial charge is 0.491 e. The van der Waals surface area contributed by atoms with Gasteiger partial charge in [0, 0.05) is 47.4 Å². The first-order chi connectivity index (χ1) is 23.7. The molecular formula is C35H34ClN7O5S2. The molecule has 5 heterocycles. The first-order valence-electron chi connectivity index (χ1n) is 15.7. The Morgan fingerprint density at radius 1 is 1.18 bits per heavy atom. The molecule has 0 N–H and O–H groups in total. The third kappa shape index (κ3) is 6.73. The Morgan fingerprint density at radius 3 is 2.60 bits per heavy atom. The number of benzene rings is 1. The van der Waals surface area contributed by atoms with Crippen molar-refractivity contribution in [2.45, 2.75) is 52.8 Å². The molecule has 0 unspecified atom stereocenters. The Labute approximate surface area is 302 Å². The van der Waals surface area contributed by atoms with Crippen molar-refractivity contribution in [2.75, 3.05) is 31.6 Å². The lowest BCUT2D eigenvalue weighted by Gasteiger charge is -2.44. The Kier molecular flexibility index (Phi) is 9.51. The number of carbonyl (C=O) groups is 2. The maximum atomic E-state index is 14.0. The van der Waals surface area contributed by atoms with Crippen LogP contribution in [-0.4, -0.2) is 74.0 Å². The minimum absolute atomic E-state index is 0.102. The normalized spacial score (nSPS) is 13.3. The second kappa shape index (κ2) is 13.5. The number of nitriles is 1. The van der Waals surface area contributed by atoms with Crippen LogP contribution in [0.3, 0.4) is 0 Å². The number of aromatic nitrogens is 4. The molecule has 1 fully saturated rings. The lowest BCUT2D eigenvalue weighted by atomic mass is 10.0. The minimum atomic E-state index is -0.620. The van der Waals surface area contributed by atoms with E-state index in [-0.39, 0.29) is 40.8 Å². The molecule has 1 aliphatic rings. The first kappa shape index (κ1) is 35.1. The summed E-state index contributed by atoms with van der Waals surface area (Å²) >= 11 is 11.8. The van der Waals surface area contributed by atoms with Crippen molar-refractivity contribution < 1.29 is 19.1 Å². The van der Waals surface area contributed by atoms with Crippen LogP contribution in [0.2, 0.25) is 5.02 Å². The Morgan fingerprint density at radius 2 is 1.92 bits per heavy atom. The number of thiol groups is 1. The first-order valence-corrected chi connectivity index (χ1v) is 17.4. The third-order valence-electron chi connectivity index (χ3n) is 8.36. The SMILES string of the molecule is Cc1cc(-c2cc(Cl)ccc2OCCn2c(C)nc3cnc(N4CC(N(C)C(=O)OC(C)(C)C)C4)c(C#N)c3c2=O)c2scc(C(=O)S)c2n1. The van der Waals surface area contributed by atoms with E-state index in [1.807, 2.05) is 38.7 Å². The van der Waals surface area contributed by atoms with E-state index in [0.717, 1.165) is 10.3 Å². The third-order valence-corrected chi connectivity index (χ3v) is 9.84. The Hall–Kier alpha value is -4.71. The van der Waals surface area contributed by atoms with Crippen LogP contribution in [-0.2, 0) is 11.3 Å². The highest BCUT2D eigenvalue weighted by Crippen LogP contribution is 2.40. The molecule has 1 aromatic carbocycles. The Balaban J connectivity index is 1.26. The summed E-state index contributed by atoms with van der Waals surface area (Å²) in [6.45, 7) is 10.1. The van der Waals surface area contributed by atoms with Gasteiger partial charge in [0.05, 0.1) is 45.5 Å². The van der Waals surface area contributed by atoms with Crippen LogP contribution in [0.15, 0.2) is 40.6 Å². The van der Waals surface area contributed by atoms with E-state index < -0.39 is 11.7 Å². The standard InChI is InChI=1S/C35H34ClN7O5S2/c1-18-11-23(30-29(39-18)25(17-50-30)33(45)49)22-12-20(36)7-8-27(22)47-10-9-43-19(2)40-26-14-38-31(24(13-37)28(26)32(43)44)42-15-21(16-42)41(6)34(46)48-35(3,4)5/h7-8,11-12,14,17,21H,9-10,15-16H2,1-6H3,(H,45,49). The quantitative estimate of drug-likeness (QED) is 0.178. The summed E-state index contributed by atoms with van der Waals surface area (Å²) in [4.78, 5) is 55.7. The van der Waals surface area contributed by atoms with E-state index in [1.165, 1.54) is 27.0 Å². The molecule has 6 rings (SSSR count). The van der Waals surface area contributed by atoms with E-state index >= 15 is 0 Å². The highest BCUT2D eigenvalue weighted by molar-refractivity contribution is 7.97. The molecule has 0 aliphatic carbocycles. The van der Waals surface area contributed by atoms with Gasteiger partial charge in [0.2, 0.25) is 5.12 Å². The van der Waals surface area contributed by atoms with Gasteiger partial charge < -0.3 is 19.3 Å². The number of nitrogens with zero attached hydrogens (tertiary/aromatic N) is 7. The van der Waals surface area contributed by atoms with Gasteiger partial charge in [-0.1, -0.05) is 11.6 Å². The van der Waals surface area contributed by atoms with Crippen molar-refractivity contribution in [1.82, 2.24) is 24.4 Å². The number of anilines is 1. The molecule has 0 spiro atoms. The van der Waals surface area contributed by atoms with Crippen molar-refractivity contribution in [1.29, 1.82) is 5.26 Å². The number of hydrogen-bond acceptors (Lipinski definition) is 11. The number of rotatable bonds is 8. The summed E-state index contributed by atoms with van der Waals surface area (Å²) in [5.41, 5.74) is 2.66. The van der Waals surface area contributed by atoms with Gasteiger partial charge in [-0.05, 0) is 58.9 Å². The van der Waals surface area contributed by atoms with Crippen molar-refractivity contribution in [3.8, 4) is 22.9 Å². The molecule has 12 nitrogen and oxygen atoms in total. The number of hydrogen-bond donors (Lipinski definition) is 1. The molecule has 0 saturated carbocycles. The molecule has 0 radical (unpaired) electrons. The topological polar surface area (TPSA) is 144 Å². The van der Waals surface area contributed by atoms with Crippen molar-refractivity contribution in [3.05, 3.63) is 73.9 Å². The molecule has 50 heavy (non-hydrogen) atoms. The second-order valence-corrected chi connectivity index (χ2v) is 14.7. The molecule has 258 valence electrons. The van der Waals surface area contributed by atoms with Crippen LogP contribution in [0.25, 0.3) is 32.2 Å². The number of fused-ring (bicyclic) bond motifs is 2. The second-order valence-electron chi connectivity index (χ2n) is 13.0. The van der Waals surface area contributed by atoms with E-state index in [9.17, 15) is 19.6 Å². The van der Waals surface area contributed by atoms with Gasteiger partial charge in [-0.15, -0.1) is 24.0 Å². The number of ether oxygens (including phenoxy) is 2. The smallest absolute Gasteiger partial charge is 0.410 e. The van der Waals surface area contributed by atoms with Crippen LogP contribution in [0.1, 0.15) is 48.2 Å². The summed E-state index contributed by atoms with van der Waals surface area (Å²) in [5.74, 6) is 1.33. The van der Waals surface area contributed by atoms with E-state index in [2.05, 4.69) is 33.6 Å². The van der Waals surface area contributed by atoms with Gasteiger partial charge >= 0.3 is 6.09 Å². The maximum absolute atomic E-state index is 14.0. The molecule has 15 heteroatoms. The zero-order valence-electron chi connectivity index (χ0n) is 28.3. The lowest BCUT2D eigenvalue weighted by molar-refractivity contribution is 0.0196. The highest BCUT2D eigenvalue weighted by Gasteiger charge is 2.37. The molecule has 4 aromatic heterocycles. The molecule has 0 bridgehead atoms. The van der Waals surface area contributed by atoms with Gasteiger partial charge in [-0.2, -0.15) is 5.26 Å². The molecule has 1 amide bonds. The number of likely N-dealkylation sites (N-methyl/N-ethyl adjacent to an activating group) is 1. The van der Waals surface area contributed by atoms with Crippen LogP contribution in [0.4, 0.5) is 10.6 Å². The molecule has 5 aromatic rings. The number of halogens is 1. The average Bonchev–Trinajstić information content (AvgIpc) is 3.45. The molecule has 0 atom stereocenters. The van der Waals surface area contributed by atoms with Crippen LogP contribution in [0.5, 0.6) is 5.75 Å². The predicted octanol–water partition coefficient (Wildman–Crippen LogP) is 6.41. The summed E-state index contributed by atoms with van der Waals surface area (Å²) in [6, 6.07) is 9.22. The van der Waals surface area contributed by atoms with Gasteiger partial charge in [0.15, 0.2) is 0 Å². The molecule has 1 saturated heterocycles. The minimum Gasteiger partial charge on any atom is -0.491 e. The monoisotopic (exact) mass is 731 g/mol. The van der Waals surface area contributed by atoms with Gasteiger partial charge in [-0.3, -0.25) is 19.1 Å². The van der Waals surface area contributed by atoms with Crippen LogP contribution < -0.4 is 15.2 Å². The van der Waals surface area contributed by atoms with Gasteiger partial charge in [-0.25, -0.2) is 14.8 Å². The fourth-order valence-electron chi connectivity index (χ4n) is 5.85. The lowest BCUT2D eigenvalue weighted by Crippen LogP contribution is -2.60. The number of thiophene rings is 1. The van der Waals surface area contributed by atoms with Gasteiger partial charge in [0.1, 0.15) is 41.2 Å². The summed E-state index contributed by atoms with van der Waals surface area (Å²) in [5, 5.41) is 12.3. The van der Waals surface area contributed by atoms with E-state index in [4.69, 9.17) is 21.1 Å². The fraction of sp³-hybridized carbons (Fsp3) is 0.343. The van der Waals surface area contributed by atoms with E-state index in [0.29, 0.717) is 63.4 Å². The van der Waals surface area contributed by atoms with Crippen molar-refractivity contribution >= 4 is 73.7 Å². The van der Waals surface area contributed by atoms with Crippen LogP contribution in [0, 0.1) is 25.2 Å². The molecular weight excluding hydrogens is 698 g/mol. The Bertz CT molecular complexity index is 2290. The average molecular weight is 732 g/mol. The van der Waals surface area contributed by atoms with E-state index in [1.54, 1.807) is 37.6 Å². The maximum Gasteiger partial charge on any atom is 0.410 e. The highest BCUT2D eigenvalue weighted by atomic mass is 35.5. The van der Waals surface area contributed by atoms with Crippen molar-refractivity contribution in [2.24, 2.45) is 0 Å². The number of carbonyl (C=O) groups excluding carboxylic acids is 2. The zero-order valence-corrected chi connectivity index (χ0v) is 30.7. The van der Waals surface area contributed by atoms with Crippen LogP contribution >= 0.6 is 35.6 Å².